The number of ether oxygens (including phenoxy) is 2. The summed E-state index contributed by atoms with van der Waals surface area (Å²) in [6, 6.07) is 1.76. The summed E-state index contributed by atoms with van der Waals surface area (Å²) in [5.74, 6) is -2.71. The summed E-state index contributed by atoms with van der Waals surface area (Å²) in [6.45, 7) is 11.7. The van der Waals surface area contributed by atoms with Crippen molar-refractivity contribution in [1.82, 2.24) is 10.6 Å². The fraction of sp³-hybridized carbons (Fsp3) is 0.481. The maximum Gasteiger partial charge on any atom is 0.408 e. The van der Waals surface area contributed by atoms with Gasteiger partial charge in [-0.25, -0.2) is 22.0 Å². The lowest BCUT2D eigenvalue weighted by Gasteiger charge is -2.38. The van der Waals surface area contributed by atoms with Crippen LogP contribution < -0.4 is 15.4 Å². The molecule has 0 spiro atoms. The molecule has 39 heavy (non-hydrogen) atoms. The highest BCUT2D eigenvalue weighted by molar-refractivity contribution is 7.96. The lowest BCUT2D eigenvalue weighted by molar-refractivity contribution is -0.120. The monoisotopic (exact) mass is 590 g/mol. The molecule has 0 aliphatic carbocycles. The maximum atomic E-state index is 15.0. The highest BCUT2D eigenvalue weighted by Crippen LogP contribution is 2.50. The second-order valence-electron chi connectivity index (χ2n) is 9.56. The van der Waals surface area contributed by atoms with E-state index in [0.29, 0.717) is 0 Å². The first-order valence-corrected chi connectivity index (χ1v) is 14.2. The van der Waals surface area contributed by atoms with E-state index in [1.807, 2.05) is 6.92 Å². The van der Waals surface area contributed by atoms with Crippen molar-refractivity contribution in [3.8, 4) is 5.75 Å². The highest BCUT2D eigenvalue weighted by atomic mass is 35.5. The second-order valence-corrected chi connectivity index (χ2v) is 12.1. The molecule has 0 saturated heterocycles. The molecule has 0 radical (unpaired) electrons. The molecule has 1 atom stereocenters. The number of halogens is 3. The number of allylic oxidation sites excluding steroid dienone is 3. The van der Waals surface area contributed by atoms with Crippen molar-refractivity contribution in [1.29, 1.82) is 0 Å². The molecule has 1 aromatic carbocycles. The van der Waals surface area contributed by atoms with Crippen LogP contribution in [0.1, 0.15) is 59.4 Å². The Morgan fingerprint density at radius 2 is 1.79 bits per heavy atom. The number of rotatable bonds is 9. The van der Waals surface area contributed by atoms with Crippen molar-refractivity contribution in [2.75, 3.05) is 19.7 Å². The fourth-order valence-electron chi connectivity index (χ4n) is 3.85. The first kappa shape index (κ1) is 34.1. The normalized spacial score (nSPS) is 17.0. The molecule has 0 unspecified atom stereocenters. The molecule has 2 N–H and O–H groups in total. The summed E-state index contributed by atoms with van der Waals surface area (Å²) in [5.41, 5.74) is 0.388. The summed E-state index contributed by atoms with van der Waals surface area (Å²) in [5, 5.41) is 4.89. The number of nitrogens with one attached hydrogen (secondary N) is 2. The van der Waals surface area contributed by atoms with Crippen LogP contribution in [0.4, 0.5) is 13.6 Å². The van der Waals surface area contributed by atoms with Crippen LogP contribution in [0, 0.1) is 11.6 Å². The van der Waals surface area contributed by atoms with Crippen LogP contribution >= 0.6 is 11.6 Å². The Bertz CT molecular complexity index is 1190. The molecular formula is C27H37ClF2N2O6S. The zero-order valence-corrected chi connectivity index (χ0v) is 24.5. The van der Waals surface area contributed by atoms with Crippen LogP contribution in [0.3, 0.4) is 0 Å². The van der Waals surface area contributed by atoms with Crippen molar-refractivity contribution in [2.24, 2.45) is 0 Å². The summed E-state index contributed by atoms with van der Waals surface area (Å²) < 4.78 is 65.2. The quantitative estimate of drug-likeness (QED) is 0.285. The summed E-state index contributed by atoms with van der Waals surface area (Å²) in [7, 11) is -4.23. The molecule has 1 aliphatic rings. The Morgan fingerprint density at radius 3 is 2.36 bits per heavy atom. The zero-order chi connectivity index (χ0) is 29.9. The standard InChI is InChI=1S/C24H32F2N2O6S.C3H5Cl/c1-6-8-16(2)35(31,32)24(12-14-33-21-18(26)10-9-17(25)20(21)24)11-7-13-27-19(29)15-28-22(30)34-23(3,4)5;1-2-3-4/h6,8-10H,2,7,11-15H2,1,3-5H3,(H,27,29)(H,28,30);2-3H,1H3/b8-6-;3-2+/t24-;/m1./s1. The second kappa shape index (κ2) is 15.0. The molecule has 1 aromatic rings. The molecule has 1 aliphatic heterocycles. The van der Waals surface area contributed by atoms with E-state index in [1.54, 1.807) is 33.8 Å². The highest BCUT2D eigenvalue weighted by Gasteiger charge is 2.51. The zero-order valence-electron chi connectivity index (χ0n) is 22.9. The van der Waals surface area contributed by atoms with E-state index in [-0.39, 0.29) is 49.4 Å². The molecule has 0 saturated carbocycles. The number of fused-ring (bicyclic) bond motifs is 1. The number of carbonyl (C=O) groups excluding carboxylic acids is 2. The van der Waals surface area contributed by atoms with Crippen LogP contribution in [0.25, 0.3) is 0 Å². The molecule has 2 amide bonds. The van der Waals surface area contributed by atoms with Crippen molar-refractivity contribution < 1.29 is 36.3 Å². The van der Waals surface area contributed by atoms with E-state index in [9.17, 15) is 26.8 Å². The van der Waals surface area contributed by atoms with Crippen molar-refractivity contribution in [2.45, 2.75) is 64.2 Å². The smallest absolute Gasteiger partial charge is 0.408 e. The first-order chi connectivity index (χ1) is 18.2. The van der Waals surface area contributed by atoms with Gasteiger partial charge in [-0.2, -0.15) is 0 Å². The summed E-state index contributed by atoms with van der Waals surface area (Å²) in [6.07, 6.45) is 3.69. The fourth-order valence-corrected chi connectivity index (χ4v) is 5.89. The van der Waals surface area contributed by atoms with E-state index in [0.717, 1.165) is 12.1 Å². The minimum absolute atomic E-state index is 0.0370. The van der Waals surface area contributed by atoms with Gasteiger partial charge in [0.2, 0.25) is 5.91 Å². The molecule has 1 heterocycles. The topological polar surface area (TPSA) is 111 Å². The number of carbonyl (C=O) groups is 2. The van der Waals surface area contributed by atoms with E-state index >= 15 is 0 Å². The van der Waals surface area contributed by atoms with Gasteiger partial charge in [-0.1, -0.05) is 30.3 Å². The minimum atomic E-state index is -4.23. The van der Waals surface area contributed by atoms with Crippen molar-refractivity contribution >= 4 is 33.4 Å². The van der Waals surface area contributed by atoms with Crippen LogP contribution in [0.2, 0.25) is 0 Å². The van der Waals surface area contributed by atoms with Crippen LogP contribution in [0.15, 0.2) is 47.4 Å². The maximum absolute atomic E-state index is 15.0. The van der Waals surface area contributed by atoms with Crippen molar-refractivity contribution in [3.05, 3.63) is 64.6 Å². The Hall–Kier alpha value is -2.92. The summed E-state index contributed by atoms with van der Waals surface area (Å²) >= 11 is 5.01. The molecular weight excluding hydrogens is 554 g/mol. The first-order valence-electron chi connectivity index (χ1n) is 12.3. The SMILES string of the molecule is C/C=C/Cl.C=C(/C=C\C)S(=O)(=O)[C@]1(CCCNC(=O)CNC(=O)OC(C)(C)C)CCOc2c(F)ccc(F)c21. The number of hydrogen-bond acceptors (Lipinski definition) is 6. The van der Waals surface area contributed by atoms with Crippen LogP contribution in [-0.4, -0.2) is 45.7 Å². The largest absolute Gasteiger partial charge is 0.490 e. The van der Waals surface area contributed by atoms with Gasteiger partial charge in [-0.15, -0.1) is 0 Å². The predicted molar refractivity (Wildman–Crippen MR) is 148 cm³/mol. The molecule has 12 heteroatoms. The Kier molecular flexibility index (Phi) is 13.1. The van der Waals surface area contributed by atoms with Crippen LogP contribution in [-0.2, 0) is 24.1 Å². The summed E-state index contributed by atoms with van der Waals surface area (Å²) in [4.78, 5) is 23.5. The molecule has 0 fully saturated rings. The number of amides is 2. The molecule has 218 valence electrons. The average molecular weight is 591 g/mol. The van der Waals surface area contributed by atoms with Gasteiger partial charge in [0, 0.05) is 13.0 Å². The average Bonchev–Trinajstić information content (AvgIpc) is 2.86. The molecule has 0 bridgehead atoms. The Balaban J connectivity index is 0.00000177. The molecule has 2 rings (SSSR count). The van der Waals surface area contributed by atoms with E-state index in [2.05, 4.69) is 17.2 Å². The van der Waals surface area contributed by atoms with Crippen molar-refractivity contribution in [3.63, 3.8) is 0 Å². The van der Waals surface area contributed by atoms with Gasteiger partial charge in [0.05, 0.1) is 23.6 Å². The lowest BCUT2D eigenvalue weighted by Crippen LogP contribution is -2.43. The number of benzene rings is 1. The number of sulfone groups is 1. The Morgan fingerprint density at radius 1 is 1.18 bits per heavy atom. The van der Waals surface area contributed by atoms with E-state index < -0.39 is 49.6 Å². The van der Waals surface area contributed by atoms with Gasteiger partial charge in [-0.3, -0.25) is 4.79 Å². The third kappa shape index (κ3) is 9.35. The minimum Gasteiger partial charge on any atom is -0.490 e. The van der Waals surface area contributed by atoms with E-state index in [4.69, 9.17) is 21.1 Å². The van der Waals surface area contributed by atoms with Gasteiger partial charge in [0.25, 0.3) is 0 Å². The van der Waals surface area contributed by atoms with Gasteiger partial charge in [0.1, 0.15) is 16.2 Å². The molecule has 0 aromatic heterocycles. The van der Waals surface area contributed by atoms with E-state index in [1.165, 1.54) is 17.7 Å². The van der Waals surface area contributed by atoms with Crippen LogP contribution in [0.5, 0.6) is 5.75 Å². The number of hydrogen-bond donors (Lipinski definition) is 2. The Labute approximate surface area is 234 Å². The lowest BCUT2D eigenvalue weighted by atomic mass is 9.87. The number of alkyl carbamates (subject to hydrolysis) is 1. The third-order valence-corrected chi connectivity index (χ3v) is 8.20. The van der Waals surface area contributed by atoms with Gasteiger partial charge >= 0.3 is 6.09 Å². The molecule has 8 nitrogen and oxygen atoms in total. The van der Waals surface area contributed by atoms with Gasteiger partial charge < -0.3 is 20.1 Å². The predicted octanol–water partition coefficient (Wildman–Crippen LogP) is 5.63. The third-order valence-electron chi connectivity index (χ3n) is 5.48. The van der Waals surface area contributed by atoms with Gasteiger partial charge in [0.15, 0.2) is 21.4 Å². The van der Waals surface area contributed by atoms with Gasteiger partial charge in [-0.05, 0) is 71.2 Å².